The molecule has 1 amide bonds. The van der Waals surface area contributed by atoms with Gasteiger partial charge in [0, 0.05) is 17.6 Å². The largest absolute Gasteiger partial charge is 0.497 e. The van der Waals surface area contributed by atoms with Crippen molar-refractivity contribution >= 4 is 28.1 Å². The van der Waals surface area contributed by atoms with Gasteiger partial charge in [-0.25, -0.2) is 4.98 Å². The monoisotopic (exact) mass is 307 g/mol. The highest BCUT2D eigenvalue weighted by atomic mass is 32.1. The number of methoxy groups -OCH3 is 2. The minimum Gasteiger partial charge on any atom is -0.497 e. The van der Waals surface area contributed by atoms with Crippen LogP contribution < -0.4 is 20.1 Å². The average Bonchev–Trinajstić information content (AvgIpc) is 3.00. The molecule has 112 valence electrons. The molecule has 7 heteroatoms. The fraction of sp³-hybridized carbons (Fsp3) is 0.286. The van der Waals surface area contributed by atoms with E-state index in [-0.39, 0.29) is 5.91 Å². The molecule has 0 bridgehead atoms. The zero-order valence-corrected chi connectivity index (χ0v) is 12.9. The third-order valence-corrected chi connectivity index (χ3v) is 3.52. The van der Waals surface area contributed by atoms with Crippen molar-refractivity contribution in [1.29, 1.82) is 0 Å². The number of anilines is 2. The molecule has 1 heterocycles. The van der Waals surface area contributed by atoms with Crippen LogP contribution in [0.5, 0.6) is 11.5 Å². The van der Waals surface area contributed by atoms with Crippen molar-refractivity contribution < 1.29 is 14.3 Å². The minimum absolute atomic E-state index is 0.164. The van der Waals surface area contributed by atoms with Gasteiger partial charge in [0.1, 0.15) is 17.5 Å². The van der Waals surface area contributed by atoms with Crippen LogP contribution in [0, 0.1) is 0 Å². The Balaban J connectivity index is 2.04. The van der Waals surface area contributed by atoms with E-state index in [4.69, 9.17) is 9.47 Å². The quantitative estimate of drug-likeness (QED) is 0.858. The topological polar surface area (TPSA) is 72.5 Å². The number of thiazole rings is 1. The summed E-state index contributed by atoms with van der Waals surface area (Å²) in [7, 11) is 3.16. The van der Waals surface area contributed by atoms with Crippen LogP contribution in [0.15, 0.2) is 29.8 Å². The fourth-order valence-corrected chi connectivity index (χ4v) is 2.25. The van der Waals surface area contributed by atoms with Gasteiger partial charge >= 0.3 is 0 Å². The van der Waals surface area contributed by atoms with Crippen molar-refractivity contribution in [2.75, 3.05) is 24.9 Å². The van der Waals surface area contributed by atoms with Gasteiger partial charge in [0.15, 0.2) is 5.13 Å². The molecule has 1 aromatic heterocycles. The summed E-state index contributed by atoms with van der Waals surface area (Å²) >= 11 is 1.38. The molecule has 0 aliphatic carbocycles. The molecule has 0 aliphatic heterocycles. The number of aromatic nitrogens is 1. The van der Waals surface area contributed by atoms with Crippen molar-refractivity contribution in [3.63, 3.8) is 0 Å². The molecule has 2 aromatic rings. The molecule has 0 saturated carbocycles. The van der Waals surface area contributed by atoms with Gasteiger partial charge in [-0.2, -0.15) is 0 Å². The molecule has 21 heavy (non-hydrogen) atoms. The van der Waals surface area contributed by atoms with Crippen molar-refractivity contribution in [3.8, 4) is 11.5 Å². The Morgan fingerprint density at radius 3 is 2.76 bits per heavy atom. The van der Waals surface area contributed by atoms with Crippen LogP contribution in [0.25, 0.3) is 0 Å². The molecule has 2 rings (SSSR count). The van der Waals surface area contributed by atoms with E-state index in [0.717, 1.165) is 5.69 Å². The van der Waals surface area contributed by atoms with Crippen LogP contribution in [0.4, 0.5) is 10.8 Å². The smallest absolute Gasteiger partial charge is 0.248 e. The number of amides is 1. The van der Waals surface area contributed by atoms with Gasteiger partial charge in [-0.05, 0) is 19.1 Å². The fourth-order valence-electron chi connectivity index (χ4n) is 1.72. The number of nitrogens with zero attached hydrogens (tertiary/aromatic N) is 1. The lowest BCUT2D eigenvalue weighted by Crippen LogP contribution is -2.31. The molecule has 6 nitrogen and oxygen atoms in total. The van der Waals surface area contributed by atoms with Crippen LogP contribution in [-0.4, -0.2) is 31.2 Å². The summed E-state index contributed by atoms with van der Waals surface area (Å²) in [5.74, 6) is 1.14. The number of hydrogen-bond donors (Lipinski definition) is 2. The zero-order chi connectivity index (χ0) is 15.2. The Labute approximate surface area is 127 Å². The van der Waals surface area contributed by atoms with Crippen molar-refractivity contribution in [1.82, 2.24) is 4.98 Å². The second-order valence-electron chi connectivity index (χ2n) is 4.26. The molecule has 0 saturated heterocycles. The van der Waals surface area contributed by atoms with Crippen LogP contribution in [0.2, 0.25) is 0 Å². The van der Waals surface area contributed by atoms with E-state index >= 15 is 0 Å². The first-order chi connectivity index (χ1) is 10.1. The number of benzene rings is 1. The number of ether oxygens (including phenoxy) is 2. The highest BCUT2D eigenvalue weighted by molar-refractivity contribution is 7.13. The van der Waals surface area contributed by atoms with Crippen molar-refractivity contribution in [3.05, 3.63) is 29.8 Å². The van der Waals surface area contributed by atoms with Crippen molar-refractivity contribution in [2.24, 2.45) is 0 Å². The Morgan fingerprint density at radius 2 is 2.14 bits per heavy atom. The van der Waals surface area contributed by atoms with Crippen LogP contribution in [0.1, 0.15) is 6.92 Å². The third-order valence-electron chi connectivity index (χ3n) is 2.84. The minimum atomic E-state index is -0.434. The Hall–Kier alpha value is -2.28. The Morgan fingerprint density at radius 1 is 1.33 bits per heavy atom. The summed E-state index contributed by atoms with van der Waals surface area (Å²) in [6.45, 7) is 1.77. The van der Waals surface area contributed by atoms with E-state index in [1.54, 1.807) is 44.9 Å². The molecular weight excluding hydrogens is 290 g/mol. The summed E-state index contributed by atoms with van der Waals surface area (Å²) in [4.78, 5) is 16.1. The van der Waals surface area contributed by atoms with E-state index in [1.165, 1.54) is 11.3 Å². The maximum Gasteiger partial charge on any atom is 0.248 e. The summed E-state index contributed by atoms with van der Waals surface area (Å²) in [6, 6.07) is 4.94. The average molecular weight is 307 g/mol. The number of hydrogen-bond acceptors (Lipinski definition) is 6. The first-order valence-electron chi connectivity index (χ1n) is 6.33. The first kappa shape index (κ1) is 15.1. The van der Waals surface area contributed by atoms with Gasteiger partial charge in [0.25, 0.3) is 0 Å². The van der Waals surface area contributed by atoms with E-state index in [1.807, 2.05) is 6.07 Å². The van der Waals surface area contributed by atoms with Gasteiger partial charge in [-0.15, -0.1) is 11.3 Å². The summed E-state index contributed by atoms with van der Waals surface area (Å²) in [5.41, 5.74) is 0.722. The summed E-state index contributed by atoms with van der Waals surface area (Å²) in [5, 5.41) is 8.24. The van der Waals surface area contributed by atoms with Crippen molar-refractivity contribution in [2.45, 2.75) is 13.0 Å². The number of carbonyl (C=O) groups is 1. The number of carbonyl (C=O) groups excluding carboxylic acids is 1. The molecule has 1 unspecified atom stereocenters. The predicted molar refractivity (Wildman–Crippen MR) is 83.4 cm³/mol. The SMILES string of the molecule is COc1ccc(NC(C)C(=O)Nc2nccs2)c(OC)c1. The van der Waals surface area contributed by atoms with Gasteiger partial charge < -0.3 is 20.1 Å². The molecule has 0 spiro atoms. The van der Waals surface area contributed by atoms with Gasteiger partial charge in [0.05, 0.1) is 19.9 Å². The molecular formula is C14H17N3O3S. The van der Waals surface area contributed by atoms with Gasteiger partial charge in [-0.1, -0.05) is 0 Å². The molecule has 0 fully saturated rings. The molecule has 2 N–H and O–H groups in total. The lowest BCUT2D eigenvalue weighted by molar-refractivity contribution is -0.116. The highest BCUT2D eigenvalue weighted by Gasteiger charge is 2.16. The third kappa shape index (κ3) is 3.85. The number of nitrogens with one attached hydrogen (secondary N) is 2. The van der Waals surface area contributed by atoms with E-state index in [0.29, 0.717) is 16.6 Å². The number of rotatable bonds is 6. The first-order valence-corrected chi connectivity index (χ1v) is 7.21. The Bertz CT molecular complexity index is 602. The molecule has 0 aliphatic rings. The summed E-state index contributed by atoms with van der Waals surface area (Å²) in [6.07, 6.45) is 1.64. The highest BCUT2D eigenvalue weighted by Crippen LogP contribution is 2.29. The van der Waals surface area contributed by atoms with Gasteiger partial charge in [-0.3, -0.25) is 4.79 Å². The van der Waals surface area contributed by atoms with Gasteiger partial charge in [0.2, 0.25) is 5.91 Å². The molecule has 0 radical (unpaired) electrons. The Kier molecular flexibility index (Phi) is 4.99. The van der Waals surface area contributed by atoms with Crippen LogP contribution in [0.3, 0.4) is 0 Å². The standard InChI is InChI=1S/C14H17N3O3S/c1-9(13(18)17-14-15-6-7-21-14)16-11-5-4-10(19-2)8-12(11)20-3/h4-9,16H,1-3H3,(H,15,17,18). The second-order valence-corrected chi connectivity index (χ2v) is 5.15. The molecule has 1 aromatic carbocycles. The zero-order valence-electron chi connectivity index (χ0n) is 12.0. The van der Waals surface area contributed by atoms with Crippen LogP contribution in [-0.2, 0) is 4.79 Å². The second kappa shape index (κ2) is 6.94. The van der Waals surface area contributed by atoms with Crippen LogP contribution >= 0.6 is 11.3 Å². The normalized spacial score (nSPS) is 11.6. The summed E-state index contributed by atoms with van der Waals surface area (Å²) < 4.78 is 10.4. The van der Waals surface area contributed by atoms with E-state index in [2.05, 4.69) is 15.6 Å². The predicted octanol–water partition coefficient (Wildman–Crippen LogP) is 2.60. The van der Waals surface area contributed by atoms with E-state index < -0.39 is 6.04 Å². The van der Waals surface area contributed by atoms with E-state index in [9.17, 15) is 4.79 Å². The maximum absolute atomic E-state index is 12.1. The maximum atomic E-state index is 12.1. The lowest BCUT2D eigenvalue weighted by Gasteiger charge is -2.17. The molecule has 1 atom stereocenters. The lowest BCUT2D eigenvalue weighted by atomic mass is 10.2.